The van der Waals surface area contributed by atoms with Crippen LogP contribution in [0.4, 0.5) is 5.69 Å². The lowest BCUT2D eigenvalue weighted by Crippen LogP contribution is -3.13. The molecule has 7 nitrogen and oxygen atoms in total. The Balaban J connectivity index is 1.44. The number of aromatic nitrogens is 3. The summed E-state index contributed by atoms with van der Waals surface area (Å²) in [5.74, 6) is 0.817. The van der Waals surface area contributed by atoms with Crippen molar-refractivity contribution in [3.05, 3.63) is 65.7 Å². The lowest BCUT2D eigenvalue weighted by molar-refractivity contribution is -0.930. The van der Waals surface area contributed by atoms with Gasteiger partial charge in [0.2, 0.25) is 10.7 Å². The Labute approximate surface area is 180 Å². The average Bonchev–Trinajstić information content (AvgIpc) is 3.14. The normalized spacial score (nSPS) is 18.7. The molecule has 156 valence electrons. The number of likely N-dealkylation sites (tertiary alicyclic amines) is 1. The lowest BCUT2D eigenvalue weighted by atomic mass is 9.97. The first kappa shape index (κ1) is 20.3. The van der Waals surface area contributed by atoms with Crippen LogP contribution in [-0.2, 0) is 11.5 Å². The quantitative estimate of drug-likeness (QED) is 0.596. The molecule has 4 rings (SSSR count). The molecule has 1 fully saturated rings. The Bertz CT molecular complexity index is 1060. The number of carbonyl (C=O) groups excluding carboxylic acids is 1. The molecular weight excluding hydrogens is 398 g/mol. The summed E-state index contributed by atoms with van der Waals surface area (Å²) in [6, 6.07) is 17.3. The number of nitrogens with one attached hydrogen (secondary N) is 2. The molecular formula is C22H26N5O2S+. The number of carbonyl (C=O) groups is 1. The van der Waals surface area contributed by atoms with Gasteiger partial charge in [-0.2, -0.15) is 9.78 Å². The summed E-state index contributed by atoms with van der Waals surface area (Å²) in [6.07, 6.45) is 3.63. The van der Waals surface area contributed by atoms with Gasteiger partial charge in [-0.25, -0.2) is 0 Å². The first-order chi connectivity index (χ1) is 14.7. The van der Waals surface area contributed by atoms with Gasteiger partial charge in [0.15, 0.2) is 6.67 Å². The molecule has 1 aromatic heterocycles. The van der Waals surface area contributed by atoms with Crippen molar-refractivity contribution in [3.8, 4) is 11.4 Å². The Morgan fingerprint density at radius 2 is 2.00 bits per heavy atom. The summed E-state index contributed by atoms with van der Waals surface area (Å²) in [5, 5.41) is 7.53. The first-order valence-electron chi connectivity index (χ1n) is 10.1. The number of benzene rings is 2. The van der Waals surface area contributed by atoms with E-state index in [9.17, 15) is 4.79 Å². The van der Waals surface area contributed by atoms with Crippen molar-refractivity contribution >= 4 is 23.8 Å². The maximum atomic E-state index is 12.7. The van der Waals surface area contributed by atoms with Gasteiger partial charge >= 0.3 is 0 Å². The van der Waals surface area contributed by atoms with E-state index in [2.05, 4.69) is 10.4 Å². The van der Waals surface area contributed by atoms with Gasteiger partial charge in [0.1, 0.15) is 12.1 Å². The molecule has 1 aliphatic rings. The summed E-state index contributed by atoms with van der Waals surface area (Å²) >= 11 is 5.67. The van der Waals surface area contributed by atoms with E-state index in [1.54, 1.807) is 13.4 Å². The van der Waals surface area contributed by atoms with Crippen molar-refractivity contribution in [2.75, 3.05) is 25.5 Å². The molecule has 0 radical (unpaired) electrons. The van der Waals surface area contributed by atoms with Crippen LogP contribution < -0.4 is 15.0 Å². The summed E-state index contributed by atoms with van der Waals surface area (Å²) in [7, 11) is 1.64. The molecule has 0 bridgehead atoms. The van der Waals surface area contributed by atoms with Gasteiger partial charge in [-0.15, -0.1) is 0 Å². The molecule has 0 spiro atoms. The SMILES string of the molecule is COc1ccccc1-n1cnn(C[NH+]2CCCC(C(=O)Nc3ccccc3)C2)c1=S. The standard InChI is InChI=1S/C22H25N5O2S/c1-29-20-12-6-5-11-19(20)26-15-23-27(22(26)30)16-25-13-7-8-17(14-25)21(28)24-18-9-3-2-4-10-18/h2-6,9-12,15,17H,7-8,13-14,16H2,1H3,(H,24,28)/p+1. The number of quaternary nitrogens is 1. The van der Waals surface area contributed by atoms with Crippen LogP contribution in [0.1, 0.15) is 12.8 Å². The van der Waals surface area contributed by atoms with Crippen LogP contribution in [0.5, 0.6) is 5.75 Å². The van der Waals surface area contributed by atoms with E-state index in [4.69, 9.17) is 17.0 Å². The van der Waals surface area contributed by atoms with Gasteiger partial charge in [0.25, 0.3) is 0 Å². The smallest absolute Gasteiger partial charge is 0.233 e. The second kappa shape index (κ2) is 9.23. The van der Waals surface area contributed by atoms with Crippen LogP contribution >= 0.6 is 12.2 Å². The summed E-state index contributed by atoms with van der Waals surface area (Å²) in [4.78, 5) is 14.0. The molecule has 2 atom stereocenters. The van der Waals surface area contributed by atoms with E-state index in [1.807, 2.05) is 63.8 Å². The van der Waals surface area contributed by atoms with Crippen molar-refractivity contribution in [3.63, 3.8) is 0 Å². The number of methoxy groups -OCH3 is 1. The number of anilines is 1. The molecule has 2 heterocycles. The predicted octanol–water partition coefficient (Wildman–Crippen LogP) is 2.30. The van der Waals surface area contributed by atoms with Gasteiger partial charge in [-0.1, -0.05) is 30.3 Å². The van der Waals surface area contributed by atoms with E-state index >= 15 is 0 Å². The summed E-state index contributed by atoms with van der Waals surface area (Å²) < 4.78 is 9.75. The number of nitrogens with zero attached hydrogens (tertiary/aromatic N) is 3. The third-order valence-electron chi connectivity index (χ3n) is 5.48. The van der Waals surface area contributed by atoms with E-state index in [1.165, 1.54) is 4.90 Å². The fraction of sp³-hybridized carbons (Fsp3) is 0.318. The molecule has 2 unspecified atom stereocenters. The molecule has 2 aromatic carbocycles. The van der Waals surface area contributed by atoms with Gasteiger partial charge in [-0.3, -0.25) is 9.36 Å². The lowest BCUT2D eigenvalue weighted by Gasteiger charge is -2.28. The maximum absolute atomic E-state index is 12.7. The largest absolute Gasteiger partial charge is 0.495 e. The van der Waals surface area contributed by atoms with Crippen molar-refractivity contribution in [2.24, 2.45) is 5.92 Å². The molecule has 0 saturated carbocycles. The third kappa shape index (κ3) is 4.44. The number of amides is 1. The minimum Gasteiger partial charge on any atom is -0.495 e. The number of piperidine rings is 1. The van der Waals surface area contributed by atoms with E-state index in [-0.39, 0.29) is 11.8 Å². The number of hydrogen-bond acceptors (Lipinski definition) is 4. The van der Waals surface area contributed by atoms with Gasteiger partial charge < -0.3 is 15.0 Å². The molecule has 0 aliphatic carbocycles. The van der Waals surface area contributed by atoms with Crippen molar-refractivity contribution in [2.45, 2.75) is 19.5 Å². The molecule has 30 heavy (non-hydrogen) atoms. The van der Waals surface area contributed by atoms with Crippen LogP contribution in [0.25, 0.3) is 5.69 Å². The number of hydrogen-bond donors (Lipinski definition) is 2. The van der Waals surface area contributed by atoms with Gasteiger partial charge in [-0.05, 0) is 49.3 Å². The molecule has 1 aliphatic heterocycles. The summed E-state index contributed by atoms with van der Waals surface area (Å²) in [5.41, 5.74) is 1.71. The number of rotatable bonds is 6. The minimum atomic E-state index is -0.0144. The fourth-order valence-electron chi connectivity index (χ4n) is 3.94. The predicted molar refractivity (Wildman–Crippen MR) is 117 cm³/mol. The zero-order valence-corrected chi connectivity index (χ0v) is 17.8. The zero-order chi connectivity index (χ0) is 20.9. The average molecular weight is 425 g/mol. The molecule has 2 N–H and O–H groups in total. The summed E-state index contributed by atoms with van der Waals surface area (Å²) in [6.45, 7) is 2.40. The number of ether oxygens (including phenoxy) is 1. The Hall–Kier alpha value is -2.97. The molecule has 1 saturated heterocycles. The van der Waals surface area contributed by atoms with Crippen LogP contribution in [0.3, 0.4) is 0 Å². The fourth-order valence-corrected chi connectivity index (χ4v) is 4.19. The van der Waals surface area contributed by atoms with Crippen molar-refractivity contribution < 1.29 is 14.4 Å². The number of para-hydroxylation sites is 3. The molecule has 8 heteroatoms. The van der Waals surface area contributed by atoms with E-state index in [0.717, 1.165) is 43.1 Å². The highest BCUT2D eigenvalue weighted by Gasteiger charge is 2.29. The monoisotopic (exact) mass is 424 g/mol. The molecule has 3 aromatic rings. The van der Waals surface area contributed by atoms with Crippen LogP contribution in [0.15, 0.2) is 60.9 Å². The second-order valence-electron chi connectivity index (χ2n) is 7.51. The molecule has 1 amide bonds. The van der Waals surface area contributed by atoms with Crippen molar-refractivity contribution in [1.82, 2.24) is 14.3 Å². The van der Waals surface area contributed by atoms with Gasteiger partial charge in [0, 0.05) is 5.69 Å². The van der Waals surface area contributed by atoms with E-state index < -0.39 is 0 Å². The maximum Gasteiger partial charge on any atom is 0.233 e. The highest BCUT2D eigenvalue weighted by molar-refractivity contribution is 7.71. The Morgan fingerprint density at radius 1 is 1.23 bits per heavy atom. The third-order valence-corrected chi connectivity index (χ3v) is 5.89. The van der Waals surface area contributed by atoms with E-state index in [0.29, 0.717) is 11.4 Å². The second-order valence-corrected chi connectivity index (χ2v) is 7.88. The van der Waals surface area contributed by atoms with Crippen LogP contribution in [0.2, 0.25) is 0 Å². The minimum absolute atomic E-state index is 0.0144. The highest BCUT2D eigenvalue weighted by Crippen LogP contribution is 2.22. The van der Waals surface area contributed by atoms with Crippen molar-refractivity contribution in [1.29, 1.82) is 0 Å². The van der Waals surface area contributed by atoms with Gasteiger partial charge in [0.05, 0.1) is 31.8 Å². The topological polar surface area (TPSA) is 65.5 Å². The van der Waals surface area contributed by atoms with Crippen LogP contribution in [-0.4, -0.2) is 40.5 Å². The Kier molecular flexibility index (Phi) is 6.25. The van der Waals surface area contributed by atoms with Crippen LogP contribution in [0, 0.1) is 10.7 Å². The first-order valence-corrected chi connectivity index (χ1v) is 10.5. The zero-order valence-electron chi connectivity index (χ0n) is 17.0. The highest BCUT2D eigenvalue weighted by atomic mass is 32.1. The Morgan fingerprint density at radius 3 is 2.80 bits per heavy atom.